The Labute approximate surface area is 118 Å². The third-order valence-corrected chi connectivity index (χ3v) is 4.74. The number of likely N-dealkylation sites (N-methyl/N-ethyl adjacent to an activating group) is 1. The molecule has 0 bridgehead atoms. The number of hydrogen-bond donors (Lipinski definition) is 0. The number of nitrogens with zero attached hydrogens (tertiary/aromatic N) is 1. The first-order valence-electron chi connectivity index (χ1n) is 6.70. The van der Waals surface area contributed by atoms with Crippen LogP contribution in [0.3, 0.4) is 0 Å². The van der Waals surface area contributed by atoms with Crippen molar-refractivity contribution in [2.45, 2.75) is 12.8 Å². The fourth-order valence-corrected chi connectivity index (χ4v) is 3.41. The van der Waals surface area contributed by atoms with Gasteiger partial charge >= 0.3 is 0 Å². The summed E-state index contributed by atoms with van der Waals surface area (Å²) in [4.78, 5) is 3.69. The highest BCUT2D eigenvalue weighted by molar-refractivity contribution is 7.13. The molecule has 0 saturated carbocycles. The molecule has 1 aliphatic rings. The minimum atomic E-state index is 1.01. The standard InChI is InChI=1S/C16H19NOS/c1-17-7-5-12-10-14(16-4-3-9-19-16)15(18-2)11-13(12)6-8-17/h3-4,9-11H,5-8H2,1-2H3. The van der Waals surface area contributed by atoms with E-state index in [1.165, 1.54) is 21.6 Å². The molecule has 3 heteroatoms. The summed E-state index contributed by atoms with van der Waals surface area (Å²) in [7, 11) is 3.96. The van der Waals surface area contributed by atoms with Gasteiger partial charge in [-0.15, -0.1) is 11.3 Å². The zero-order valence-corrected chi connectivity index (χ0v) is 12.3. The average Bonchev–Trinajstić information content (AvgIpc) is 2.90. The van der Waals surface area contributed by atoms with Crippen LogP contribution < -0.4 is 4.74 Å². The minimum absolute atomic E-state index is 1.01. The van der Waals surface area contributed by atoms with Gasteiger partial charge in [-0.1, -0.05) is 6.07 Å². The van der Waals surface area contributed by atoms with Gasteiger partial charge in [-0.05, 0) is 54.6 Å². The van der Waals surface area contributed by atoms with Crippen LogP contribution in [0.1, 0.15) is 11.1 Å². The summed E-state index contributed by atoms with van der Waals surface area (Å²) in [5, 5.41) is 2.12. The van der Waals surface area contributed by atoms with Crippen LogP contribution in [0.15, 0.2) is 29.6 Å². The van der Waals surface area contributed by atoms with E-state index in [-0.39, 0.29) is 0 Å². The lowest BCUT2D eigenvalue weighted by atomic mass is 9.98. The van der Waals surface area contributed by atoms with E-state index in [0.717, 1.165) is 31.7 Å². The van der Waals surface area contributed by atoms with Gasteiger partial charge in [-0.3, -0.25) is 0 Å². The monoisotopic (exact) mass is 273 g/mol. The van der Waals surface area contributed by atoms with Crippen molar-refractivity contribution in [3.8, 4) is 16.2 Å². The Hall–Kier alpha value is -1.32. The van der Waals surface area contributed by atoms with E-state index in [4.69, 9.17) is 4.74 Å². The molecular weight excluding hydrogens is 254 g/mol. The zero-order chi connectivity index (χ0) is 13.2. The molecule has 0 amide bonds. The molecule has 2 aromatic rings. The molecule has 0 unspecified atom stereocenters. The van der Waals surface area contributed by atoms with E-state index in [1.807, 2.05) is 0 Å². The van der Waals surface area contributed by atoms with E-state index in [2.05, 4.69) is 41.6 Å². The van der Waals surface area contributed by atoms with Crippen molar-refractivity contribution in [1.82, 2.24) is 4.90 Å². The Morgan fingerprint density at radius 1 is 1.16 bits per heavy atom. The van der Waals surface area contributed by atoms with Crippen molar-refractivity contribution in [2.24, 2.45) is 0 Å². The van der Waals surface area contributed by atoms with Gasteiger partial charge in [-0.25, -0.2) is 0 Å². The van der Waals surface area contributed by atoms with E-state index < -0.39 is 0 Å². The van der Waals surface area contributed by atoms with Gasteiger partial charge in [0.15, 0.2) is 0 Å². The molecule has 0 fully saturated rings. The van der Waals surface area contributed by atoms with Crippen LogP contribution in [-0.2, 0) is 12.8 Å². The highest BCUT2D eigenvalue weighted by atomic mass is 32.1. The topological polar surface area (TPSA) is 12.5 Å². The molecule has 0 radical (unpaired) electrons. The second-order valence-electron chi connectivity index (χ2n) is 5.10. The number of methoxy groups -OCH3 is 1. The molecule has 0 aliphatic carbocycles. The third kappa shape index (κ3) is 2.53. The molecule has 1 aliphatic heterocycles. The predicted molar refractivity (Wildman–Crippen MR) is 81.2 cm³/mol. The minimum Gasteiger partial charge on any atom is -0.496 e. The fourth-order valence-electron chi connectivity index (χ4n) is 2.66. The van der Waals surface area contributed by atoms with Crippen LogP contribution in [0.2, 0.25) is 0 Å². The van der Waals surface area contributed by atoms with Crippen LogP contribution in [0, 0.1) is 0 Å². The zero-order valence-electron chi connectivity index (χ0n) is 11.5. The van der Waals surface area contributed by atoms with Crippen molar-refractivity contribution in [1.29, 1.82) is 0 Å². The number of rotatable bonds is 2. The summed E-state index contributed by atoms with van der Waals surface area (Å²) in [6, 6.07) is 8.83. The van der Waals surface area contributed by atoms with Gasteiger partial charge < -0.3 is 9.64 Å². The lowest BCUT2D eigenvalue weighted by molar-refractivity contribution is 0.352. The molecule has 0 saturated heterocycles. The molecule has 19 heavy (non-hydrogen) atoms. The first kappa shape index (κ1) is 12.7. The van der Waals surface area contributed by atoms with Crippen LogP contribution in [0.5, 0.6) is 5.75 Å². The summed E-state index contributed by atoms with van der Waals surface area (Å²) >= 11 is 1.77. The fraction of sp³-hybridized carbons (Fsp3) is 0.375. The van der Waals surface area contributed by atoms with E-state index in [0.29, 0.717) is 0 Å². The molecule has 2 nitrogen and oxygen atoms in total. The summed E-state index contributed by atoms with van der Waals surface area (Å²) in [6.45, 7) is 2.28. The Bertz CT molecular complexity index is 562. The summed E-state index contributed by atoms with van der Waals surface area (Å²) < 4.78 is 5.60. The summed E-state index contributed by atoms with van der Waals surface area (Å²) in [5.74, 6) is 1.01. The second kappa shape index (κ2) is 5.35. The van der Waals surface area contributed by atoms with E-state index >= 15 is 0 Å². The van der Waals surface area contributed by atoms with E-state index in [1.54, 1.807) is 18.4 Å². The van der Waals surface area contributed by atoms with Gasteiger partial charge in [0, 0.05) is 23.5 Å². The maximum atomic E-state index is 5.60. The Morgan fingerprint density at radius 3 is 2.53 bits per heavy atom. The average molecular weight is 273 g/mol. The maximum Gasteiger partial charge on any atom is 0.127 e. The van der Waals surface area contributed by atoms with Gasteiger partial charge in [0.1, 0.15) is 5.75 Å². The number of ether oxygens (including phenoxy) is 1. The Kier molecular flexibility index (Phi) is 3.58. The smallest absolute Gasteiger partial charge is 0.127 e. The molecule has 0 atom stereocenters. The van der Waals surface area contributed by atoms with Crippen LogP contribution >= 0.6 is 11.3 Å². The van der Waals surface area contributed by atoms with Crippen molar-refractivity contribution in [3.05, 3.63) is 40.8 Å². The first-order valence-corrected chi connectivity index (χ1v) is 7.58. The SMILES string of the molecule is COc1cc2c(cc1-c1cccs1)CCN(C)CC2. The molecule has 1 aromatic heterocycles. The van der Waals surface area contributed by atoms with Crippen molar-refractivity contribution < 1.29 is 4.74 Å². The van der Waals surface area contributed by atoms with Gasteiger partial charge in [-0.2, -0.15) is 0 Å². The molecule has 2 heterocycles. The van der Waals surface area contributed by atoms with Crippen molar-refractivity contribution in [2.75, 3.05) is 27.2 Å². The van der Waals surface area contributed by atoms with Gasteiger partial charge in [0.25, 0.3) is 0 Å². The molecule has 0 spiro atoms. The lowest BCUT2D eigenvalue weighted by Crippen LogP contribution is -2.20. The first-order chi connectivity index (χ1) is 9.28. The quantitative estimate of drug-likeness (QED) is 0.831. The van der Waals surface area contributed by atoms with Crippen molar-refractivity contribution in [3.63, 3.8) is 0 Å². The molecule has 100 valence electrons. The lowest BCUT2D eigenvalue weighted by Gasteiger charge is -2.13. The molecule has 0 N–H and O–H groups in total. The van der Waals surface area contributed by atoms with Crippen LogP contribution in [-0.4, -0.2) is 32.1 Å². The molecule has 3 rings (SSSR count). The Morgan fingerprint density at radius 2 is 1.89 bits per heavy atom. The Balaban J connectivity index is 2.07. The van der Waals surface area contributed by atoms with Crippen LogP contribution in [0.4, 0.5) is 0 Å². The number of benzene rings is 1. The number of fused-ring (bicyclic) bond motifs is 1. The normalized spacial score (nSPS) is 15.9. The van der Waals surface area contributed by atoms with Gasteiger partial charge in [0.2, 0.25) is 0 Å². The van der Waals surface area contributed by atoms with Crippen LogP contribution in [0.25, 0.3) is 10.4 Å². The third-order valence-electron chi connectivity index (χ3n) is 3.83. The van der Waals surface area contributed by atoms with Crippen molar-refractivity contribution >= 4 is 11.3 Å². The van der Waals surface area contributed by atoms with Gasteiger partial charge in [0.05, 0.1) is 7.11 Å². The predicted octanol–water partition coefficient (Wildman–Crippen LogP) is 3.45. The number of hydrogen-bond acceptors (Lipinski definition) is 3. The molecular formula is C16H19NOS. The molecule has 1 aromatic carbocycles. The highest BCUT2D eigenvalue weighted by Crippen LogP contribution is 2.36. The van der Waals surface area contributed by atoms with E-state index in [9.17, 15) is 0 Å². The second-order valence-corrected chi connectivity index (χ2v) is 6.05. The summed E-state index contributed by atoms with van der Waals surface area (Å²) in [5.41, 5.74) is 4.16. The highest BCUT2D eigenvalue weighted by Gasteiger charge is 2.16. The largest absolute Gasteiger partial charge is 0.496 e. The maximum absolute atomic E-state index is 5.60. The number of thiophene rings is 1. The summed E-state index contributed by atoms with van der Waals surface area (Å²) in [6.07, 6.45) is 2.25.